The predicted molar refractivity (Wildman–Crippen MR) is 17.0 cm³/mol. The zero-order valence-corrected chi connectivity index (χ0v) is 4.81. The summed E-state index contributed by atoms with van der Waals surface area (Å²) in [6, 6.07) is 2.47. The summed E-state index contributed by atoms with van der Waals surface area (Å²) in [5.41, 5.74) is 0. The minimum Gasteiger partial charge on any atom is -0.181 e. The Kier molecular flexibility index (Phi) is 15.9. The van der Waals surface area contributed by atoms with Gasteiger partial charge in [-0.2, -0.15) is 10.5 Å². The van der Waals surface area contributed by atoms with E-state index in [0.29, 0.717) is 0 Å². The third kappa shape index (κ3) is 13.8. The molecular weight excluding hydrogens is 92.1 g/mol. The Morgan fingerprint density at radius 1 is 1.00 bits per heavy atom. The molecule has 0 atom stereocenters. The van der Waals surface area contributed by atoms with Crippen LogP contribution >= 0.6 is 0 Å². The number of nitrogens with zero attached hydrogens (tertiary/aromatic N) is 2. The molecule has 0 aliphatic heterocycles. The van der Waals surface area contributed by atoms with E-state index in [2.05, 4.69) is 0 Å². The van der Waals surface area contributed by atoms with E-state index in [4.69, 9.17) is 10.5 Å². The zero-order valence-electron chi connectivity index (χ0n) is 2.60. The van der Waals surface area contributed by atoms with Gasteiger partial charge in [-0.25, -0.2) is 0 Å². The van der Waals surface area contributed by atoms with Crippen molar-refractivity contribution in [2.24, 2.45) is 0 Å². The van der Waals surface area contributed by atoms with Gasteiger partial charge in [0.05, 0.1) is 0 Å². The van der Waals surface area contributed by atoms with E-state index in [9.17, 15) is 0 Å². The summed E-state index contributed by atoms with van der Waals surface area (Å²) in [6.45, 7) is 0. The Bertz CT molecular complexity index is 62.6. The first-order valence-electron chi connectivity index (χ1n) is 0.697. The average Bonchev–Trinajstić information content (AvgIpc) is 1.37. The second-order valence-electron chi connectivity index (χ2n) is 0.224. The molecule has 2 radical (unpaired) electrons. The van der Waals surface area contributed by atoms with Crippen molar-refractivity contribution in [3.05, 3.63) is 0 Å². The van der Waals surface area contributed by atoms with Gasteiger partial charge in [-0.3, -0.25) is 0 Å². The van der Waals surface area contributed by atoms with Crippen LogP contribution in [0.3, 0.4) is 0 Å². The molecule has 0 N–H and O–H groups in total. The van der Waals surface area contributed by atoms with Crippen LogP contribution in [-0.4, -0.2) is 37.7 Å². The molecule has 0 heterocycles. The number of hydrogen-bond donors (Lipinski definition) is 0. The minimum absolute atomic E-state index is 0. The van der Waals surface area contributed by atoms with Crippen LogP contribution in [0.2, 0.25) is 0 Å². The van der Waals surface area contributed by atoms with E-state index in [1.54, 1.807) is 0 Å². The maximum absolute atomic E-state index is 7.26. The molecule has 3 heteroatoms. The second-order valence-corrected chi connectivity index (χ2v) is 0.224. The van der Waals surface area contributed by atoms with Gasteiger partial charge < -0.3 is 0 Å². The molecule has 0 amide bonds. The van der Waals surface area contributed by atoms with Crippen molar-refractivity contribution in [1.82, 2.24) is 0 Å². The van der Waals surface area contributed by atoms with Crippen molar-refractivity contribution in [3.8, 4) is 12.1 Å². The minimum atomic E-state index is 0. The van der Waals surface area contributed by atoms with Crippen molar-refractivity contribution in [2.75, 3.05) is 0 Å². The van der Waals surface area contributed by atoms with Crippen LogP contribution < -0.4 is 0 Å². The maximum Gasteiger partial charge on any atom is 0.181 e. The molecule has 20 valence electrons. The molecular formula is C2CaN2. The quantitative estimate of drug-likeness (QED) is 0.383. The topological polar surface area (TPSA) is 47.6 Å². The Morgan fingerprint density at radius 2 is 1.20 bits per heavy atom. The molecule has 0 aromatic carbocycles. The van der Waals surface area contributed by atoms with E-state index in [-0.39, 0.29) is 37.7 Å². The first-order valence-corrected chi connectivity index (χ1v) is 0.697. The van der Waals surface area contributed by atoms with Crippen LogP contribution in [0.25, 0.3) is 0 Å². The van der Waals surface area contributed by atoms with E-state index in [0.717, 1.165) is 0 Å². The third-order valence-corrected chi connectivity index (χ3v) is 0.0500. The number of nitriles is 2. The summed E-state index contributed by atoms with van der Waals surface area (Å²) in [6.07, 6.45) is 0. The van der Waals surface area contributed by atoms with E-state index < -0.39 is 0 Å². The molecule has 0 bridgehead atoms. The molecule has 0 aromatic heterocycles. The third-order valence-electron chi connectivity index (χ3n) is 0.0500. The van der Waals surface area contributed by atoms with Gasteiger partial charge in [-0.05, 0) is 0 Å². The standard InChI is InChI=1S/C2N2.Ca/c3-1-2-4;. The van der Waals surface area contributed by atoms with Gasteiger partial charge in [0.15, 0.2) is 12.1 Å². The van der Waals surface area contributed by atoms with Gasteiger partial charge in [0.2, 0.25) is 0 Å². The molecule has 0 fully saturated rings. The Hall–Kier alpha value is 0.240. The average molecular weight is 92.1 g/mol. The molecule has 2 nitrogen and oxygen atoms in total. The fraction of sp³-hybridized carbons (Fsp3) is 0. The summed E-state index contributed by atoms with van der Waals surface area (Å²) >= 11 is 0. The molecule has 0 rings (SSSR count). The van der Waals surface area contributed by atoms with Crippen LogP contribution in [0.5, 0.6) is 0 Å². The van der Waals surface area contributed by atoms with Gasteiger partial charge in [0.1, 0.15) is 0 Å². The normalized spacial score (nSPS) is 2.00. The van der Waals surface area contributed by atoms with Crippen LogP contribution in [-0.2, 0) is 0 Å². The van der Waals surface area contributed by atoms with Crippen molar-refractivity contribution in [2.45, 2.75) is 0 Å². The van der Waals surface area contributed by atoms with Gasteiger partial charge in [0.25, 0.3) is 0 Å². The summed E-state index contributed by atoms with van der Waals surface area (Å²) in [4.78, 5) is 0. The van der Waals surface area contributed by atoms with E-state index in [1.165, 1.54) is 12.1 Å². The fourth-order valence-electron chi connectivity index (χ4n) is 0. The van der Waals surface area contributed by atoms with Crippen LogP contribution in [0.15, 0.2) is 0 Å². The SMILES string of the molecule is N#CC#N.[Ca]. The van der Waals surface area contributed by atoms with Gasteiger partial charge >= 0.3 is 0 Å². The number of hydrogen-bond acceptors (Lipinski definition) is 2. The van der Waals surface area contributed by atoms with E-state index >= 15 is 0 Å². The second kappa shape index (κ2) is 8.87. The van der Waals surface area contributed by atoms with E-state index in [1.807, 2.05) is 0 Å². The van der Waals surface area contributed by atoms with Gasteiger partial charge in [-0.15, -0.1) is 0 Å². The monoisotopic (exact) mass is 92.0 g/mol. The zero-order chi connectivity index (χ0) is 3.41. The summed E-state index contributed by atoms with van der Waals surface area (Å²) in [7, 11) is 0. The summed E-state index contributed by atoms with van der Waals surface area (Å²) < 4.78 is 0. The first kappa shape index (κ1) is 8.97. The molecule has 0 aliphatic carbocycles. The van der Waals surface area contributed by atoms with Crippen LogP contribution in [0.4, 0.5) is 0 Å². The van der Waals surface area contributed by atoms with Gasteiger partial charge in [-0.1, -0.05) is 0 Å². The smallest absolute Gasteiger partial charge is 0.181 e. The molecule has 5 heavy (non-hydrogen) atoms. The molecule has 0 spiro atoms. The fourth-order valence-corrected chi connectivity index (χ4v) is 0. The van der Waals surface area contributed by atoms with Crippen LogP contribution in [0.1, 0.15) is 0 Å². The first-order chi connectivity index (χ1) is 1.91. The van der Waals surface area contributed by atoms with Crippen molar-refractivity contribution in [1.29, 1.82) is 10.5 Å². The van der Waals surface area contributed by atoms with Crippen LogP contribution in [0, 0.1) is 22.7 Å². The Morgan fingerprint density at radius 3 is 1.20 bits per heavy atom. The predicted octanol–water partition coefficient (Wildman–Crippen LogP) is -0.347. The molecule has 0 saturated heterocycles. The number of rotatable bonds is 0. The van der Waals surface area contributed by atoms with Crippen molar-refractivity contribution in [3.63, 3.8) is 0 Å². The molecule has 0 unspecified atom stereocenters. The molecule has 0 saturated carbocycles. The summed E-state index contributed by atoms with van der Waals surface area (Å²) in [5, 5.41) is 14.5. The van der Waals surface area contributed by atoms with Crippen molar-refractivity contribution < 1.29 is 0 Å². The molecule has 0 aliphatic rings. The Balaban J connectivity index is 0. The largest absolute Gasteiger partial charge is 0.181 e. The Labute approximate surface area is 60.0 Å². The van der Waals surface area contributed by atoms with Crippen molar-refractivity contribution >= 4 is 37.7 Å². The van der Waals surface area contributed by atoms with Gasteiger partial charge in [0, 0.05) is 37.7 Å². The maximum atomic E-state index is 7.26. The summed E-state index contributed by atoms with van der Waals surface area (Å²) in [5.74, 6) is 0. The molecule has 0 aromatic rings.